The zero-order chi connectivity index (χ0) is 26.4. The molecule has 0 fully saturated rings. The molecule has 4 aromatic heterocycles. The Morgan fingerprint density at radius 2 is 1.82 bits per heavy atom. The maximum atomic E-state index is 15.4. The van der Waals surface area contributed by atoms with E-state index < -0.39 is 5.82 Å². The van der Waals surface area contributed by atoms with Gasteiger partial charge in [0.1, 0.15) is 23.5 Å². The summed E-state index contributed by atoms with van der Waals surface area (Å²) in [4.78, 5) is 21.2. The zero-order valence-corrected chi connectivity index (χ0v) is 20.5. The predicted octanol–water partition coefficient (Wildman–Crippen LogP) is 5.44. The van der Waals surface area contributed by atoms with E-state index in [1.54, 1.807) is 37.5 Å². The summed E-state index contributed by atoms with van der Waals surface area (Å²) < 4.78 is 22.9. The van der Waals surface area contributed by atoms with Crippen LogP contribution in [0.4, 0.5) is 10.2 Å². The lowest BCUT2D eigenvalue weighted by molar-refractivity contribution is 0.410. The number of rotatable bonds is 4. The minimum atomic E-state index is -0.574. The van der Waals surface area contributed by atoms with Gasteiger partial charge in [-0.05, 0) is 53.8 Å². The van der Waals surface area contributed by atoms with Crippen molar-refractivity contribution < 1.29 is 9.13 Å². The van der Waals surface area contributed by atoms with E-state index in [-0.39, 0.29) is 11.8 Å². The zero-order valence-electron chi connectivity index (χ0n) is 20.5. The summed E-state index contributed by atoms with van der Waals surface area (Å²) in [6.07, 6.45) is 10.2. The van der Waals surface area contributed by atoms with Crippen LogP contribution in [0.2, 0.25) is 0 Å². The highest BCUT2D eigenvalue weighted by Crippen LogP contribution is 2.43. The molecule has 0 saturated carbocycles. The van der Waals surface area contributed by atoms with Crippen molar-refractivity contribution in [3.8, 4) is 46.5 Å². The maximum absolute atomic E-state index is 15.4. The van der Waals surface area contributed by atoms with Crippen molar-refractivity contribution in [2.24, 2.45) is 7.05 Å². The van der Waals surface area contributed by atoms with E-state index in [1.165, 1.54) is 12.4 Å². The monoisotopic (exact) mass is 501 g/mol. The van der Waals surface area contributed by atoms with E-state index in [2.05, 4.69) is 30.8 Å². The average Bonchev–Trinajstić information content (AvgIpc) is 3.22. The molecule has 4 heterocycles. The first-order chi connectivity index (χ1) is 18.4. The molecule has 6 aromatic rings. The second-order valence-corrected chi connectivity index (χ2v) is 8.74. The fourth-order valence-corrected chi connectivity index (χ4v) is 4.58. The summed E-state index contributed by atoms with van der Waals surface area (Å²) >= 11 is 0. The molecule has 0 aliphatic carbocycles. The van der Waals surface area contributed by atoms with Gasteiger partial charge in [-0.15, -0.1) is 6.42 Å². The Bertz CT molecular complexity index is 1920. The Morgan fingerprint density at radius 3 is 2.61 bits per heavy atom. The van der Waals surface area contributed by atoms with E-state index in [0.717, 1.165) is 22.0 Å². The number of fused-ring (bicyclic) bond motifs is 2. The normalized spacial score (nSPS) is 11.1. The number of aromatic nitrogens is 6. The SMILES string of the molecule is C#Cc1cc2ccc(-c3c(-c4ccc(Oc5nccc(C)n5)c(F)c4)c4c(N)ncnc4n3C)cc2cn1. The highest BCUT2D eigenvalue weighted by Gasteiger charge is 2.23. The Balaban J connectivity index is 1.54. The fourth-order valence-electron chi connectivity index (χ4n) is 4.58. The van der Waals surface area contributed by atoms with Crippen LogP contribution in [0.25, 0.3) is 44.2 Å². The molecule has 0 saturated heterocycles. The molecule has 38 heavy (non-hydrogen) atoms. The number of nitrogens with two attached hydrogens (primary N) is 1. The Labute approximate surface area is 217 Å². The molecule has 0 atom stereocenters. The Hall–Kier alpha value is -5.36. The third-order valence-electron chi connectivity index (χ3n) is 6.33. The van der Waals surface area contributed by atoms with Crippen LogP contribution < -0.4 is 10.5 Å². The first-order valence-corrected chi connectivity index (χ1v) is 11.7. The number of hydrogen-bond donors (Lipinski definition) is 1. The quantitative estimate of drug-likeness (QED) is 0.321. The number of halogens is 1. The standard InChI is InChI=1S/C29H20FN7O/c1-4-21-12-17-5-6-19(11-20(17)14-33-21)26-24(25-27(31)34-15-35-28(25)37(26)3)18-7-8-23(22(30)13-18)38-29-32-10-9-16(2)36-29/h1,5-15H,2-3H3,(H2,31,34,35). The van der Waals surface area contributed by atoms with Gasteiger partial charge in [0, 0.05) is 36.1 Å². The minimum Gasteiger partial charge on any atom is -0.421 e. The molecule has 0 spiro atoms. The van der Waals surface area contributed by atoms with Gasteiger partial charge in [0.25, 0.3) is 0 Å². The van der Waals surface area contributed by atoms with Crippen LogP contribution in [0.5, 0.6) is 11.8 Å². The van der Waals surface area contributed by atoms with Gasteiger partial charge in [-0.25, -0.2) is 29.3 Å². The summed E-state index contributed by atoms with van der Waals surface area (Å²) in [5.41, 5.74) is 11.2. The van der Waals surface area contributed by atoms with E-state index in [1.807, 2.05) is 35.9 Å². The molecule has 6 rings (SSSR count). The number of nitrogen functional groups attached to an aromatic ring is 1. The van der Waals surface area contributed by atoms with Gasteiger partial charge in [-0.1, -0.05) is 24.1 Å². The van der Waals surface area contributed by atoms with Gasteiger partial charge in [0.2, 0.25) is 0 Å². The number of aryl methyl sites for hydroxylation is 2. The lowest BCUT2D eigenvalue weighted by Gasteiger charge is -2.11. The lowest BCUT2D eigenvalue weighted by Crippen LogP contribution is -1.96. The summed E-state index contributed by atoms with van der Waals surface area (Å²) in [6.45, 7) is 1.80. The van der Waals surface area contributed by atoms with Crippen LogP contribution >= 0.6 is 0 Å². The molecule has 0 unspecified atom stereocenters. The van der Waals surface area contributed by atoms with Gasteiger partial charge in [0.15, 0.2) is 11.6 Å². The van der Waals surface area contributed by atoms with Crippen molar-refractivity contribution in [2.75, 3.05) is 5.73 Å². The highest BCUT2D eigenvalue weighted by atomic mass is 19.1. The Morgan fingerprint density at radius 1 is 0.974 bits per heavy atom. The second kappa shape index (κ2) is 8.94. The summed E-state index contributed by atoms with van der Waals surface area (Å²) in [5.74, 6) is 2.28. The van der Waals surface area contributed by atoms with Gasteiger partial charge in [-0.2, -0.15) is 0 Å². The predicted molar refractivity (Wildman–Crippen MR) is 144 cm³/mol. The van der Waals surface area contributed by atoms with Crippen LogP contribution in [-0.2, 0) is 7.05 Å². The van der Waals surface area contributed by atoms with Crippen molar-refractivity contribution >= 4 is 27.6 Å². The van der Waals surface area contributed by atoms with Crippen molar-refractivity contribution in [1.82, 2.24) is 29.5 Å². The van der Waals surface area contributed by atoms with Gasteiger partial charge in [0.05, 0.1) is 11.1 Å². The van der Waals surface area contributed by atoms with Crippen LogP contribution in [0, 0.1) is 25.1 Å². The molecule has 184 valence electrons. The Kier molecular flexibility index (Phi) is 5.43. The minimum absolute atomic E-state index is 0.00598. The largest absolute Gasteiger partial charge is 0.421 e. The molecule has 0 aliphatic rings. The number of anilines is 1. The topological polar surface area (TPSA) is 105 Å². The smallest absolute Gasteiger partial charge is 0.322 e. The van der Waals surface area contributed by atoms with E-state index in [4.69, 9.17) is 16.9 Å². The van der Waals surface area contributed by atoms with E-state index >= 15 is 4.39 Å². The summed E-state index contributed by atoms with van der Waals surface area (Å²) in [5, 5.41) is 2.49. The number of ether oxygens (including phenoxy) is 1. The second-order valence-electron chi connectivity index (χ2n) is 8.74. The lowest BCUT2D eigenvalue weighted by atomic mass is 9.97. The molecule has 2 aromatic carbocycles. The average molecular weight is 502 g/mol. The van der Waals surface area contributed by atoms with E-state index in [9.17, 15) is 0 Å². The van der Waals surface area contributed by atoms with Crippen LogP contribution in [0.1, 0.15) is 11.4 Å². The fraction of sp³-hybridized carbons (Fsp3) is 0.0690. The number of nitrogens with zero attached hydrogens (tertiary/aromatic N) is 6. The van der Waals surface area contributed by atoms with Gasteiger partial charge in [-0.3, -0.25) is 0 Å². The molecule has 2 N–H and O–H groups in total. The number of benzene rings is 2. The number of hydrogen-bond acceptors (Lipinski definition) is 7. The van der Waals surface area contributed by atoms with Crippen molar-refractivity contribution in [3.63, 3.8) is 0 Å². The summed E-state index contributed by atoms with van der Waals surface area (Å²) in [6, 6.07) is 14.3. The van der Waals surface area contributed by atoms with Crippen molar-refractivity contribution in [1.29, 1.82) is 0 Å². The highest BCUT2D eigenvalue weighted by molar-refractivity contribution is 6.08. The molecule has 0 bridgehead atoms. The first-order valence-electron chi connectivity index (χ1n) is 11.7. The number of terminal acetylenes is 1. The van der Waals surface area contributed by atoms with Crippen molar-refractivity contribution in [3.05, 3.63) is 84.5 Å². The molecule has 0 radical (unpaired) electrons. The molecular weight excluding hydrogens is 481 g/mol. The maximum Gasteiger partial charge on any atom is 0.322 e. The summed E-state index contributed by atoms with van der Waals surface area (Å²) in [7, 11) is 1.89. The van der Waals surface area contributed by atoms with Gasteiger partial charge >= 0.3 is 6.01 Å². The first kappa shape index (κ1) is 23.1. The third kappa shape index (κ3) is 3.85. The molecular formula is C29H20FN7O. The third-order valence-corrected chi connectivity index (χ3v) is 6.33. The van der Waals surface area contributed by atoms with Crippen LogP contribution in [-0.4, -0.2) is 29.5 Å². The molecule has 8 nitrogen and oxygen atoms in total. The molecule has 0 aliphatic heterocycles. The van der Waals surface area contributed by atoms with E-state index in [0.29, 0.717) is 39.4 Å². The van der Waals surface area contributed by atoms with Crippen molar-refractivity contribution in [2.45, 2.75) is 6.92 Å². The number of pyridine rings is 1. The van der Waals surface area contributed by atoms with Crippen LogP contribution in [0.3, 0.4) is 0 Å². The molecule has 9 heteroatoms. The van der Waals surface area contributed by atoms with Gasteiger partial charge < -0.3 is 15.0 Å². The van der Waals surface area contributed by atoms with Crippen LogP contribution in [0.15, 0.2) is 67.3 Å². The molecule has 0 amide bonds.